The van der Waals surface area contributed by atoms with Gasteiger partial charge in [-0.2, -0.15) is 0 Å². The highest BCUT2D eigenvalue weighted by Gasteiger charge is 2.35. The standard InChI is InChI=1S/C25H26N2O6S/c1-13(2)32-24(29)21-15(4)26-25-27(22(21)18-11-16(30-5)9-10-19(18)31-6)23(28)20(34-25)12-17-8-7-14(3)33-17/h7-13,22H,1-6H3/b20-12+/t22-/m0/s1. The minimum Gasteiger partial charge on any atom is -0.497 e. The first kappa shape index (κ1) is 23.6. The number of esters is 1. The molecule has 0 unspecified atom stereocenters. The summed E-state index contributed by atoms with van der Waals surface area (Å²) in [4.78, 5) is 31.9. The lowest BCUT2D eigenvalue weighted by Crippen LogP contribution is -2.40. The maximum absolute atomic E-state index is 13.7. The number of thiazole rings is 1. The number of benzene rings is 1. The molecule has 1 atom stereocenters. The maximum Gasteiger partial charge on any atom is 0.338 e. The van der Waals surface area contributed by atoms with Gasteiger partial charge in [-0.25, -0.2) is 9.79 Å². The summed E-state index contributed by atoms with van der Waals surface area (Å²) in [5.41, 5.74) is 1.04. The lowest BCUT2D eigenvalue weighted by Gasteiger charge is -2.26. The summed E-state index contributed by atoms with van der Waals surface area (Å²) < 4.78 is 24.1. The number of carbonyl (C=O) groups is 1. The second-order valence-electron chi connectivity index (χ2n) is 8.09. The molecule has 4 rings (SSSR count). The van der Waals surface area contributed by atoms with Gasteiger partial charge in [0.15, 0.2) is 4.80 Å². The number of rotatable bonds is 6. The molecule has 3 aromatic rings. The van der Waals surface area contributed by atoms with E-state index in [0.717, 1.165) is 5.76 Å². The summed E-state index contributed by atoms with van der Waals surface area (Å²) >= 11 is 1.23. The third-order valence-electron chi connectivity index (χ3n) is 5.35. The smallest absolute Gasteiger partial charge is 0.338 e. The summed E-state index contributed by atoms with van der Waals surface area (Å²) in [6.07, 6.45) is 1.34. The fourth-order valence-corrected chi connectivity index (χ4v) is 4.89. The van der Waals surface area contributed by atoms with Gasteiger partial charge in [-0.05, 0) is 58.0 Å². The third-order valence-corrected chi connectivity index (χ3v) is 6.33. The molecular weight excluding hydrogens is 456 g/mol. The van der Waals surface area contributed by atoms with Crippen molar-refractivity contribution in [2.45, 2.75) is 39.8 Å². The van der Waals surface area contributed by atoms with Crippen LogP contribution >= 0.6 is 11.3 Å². The third kappa shape index (κ3) is 4.31. The number of fused-ring (bicyclic) bond motifs is 1. The molecule has 2 aromatic heterocycles. The number of furan rings is 1. The Morgan fingerprint density at radius 3 is 2.56 bits per heavy atom. The van der Waals surface area contributed by atoms with Crippen LogP contribution in [0.1, 0.15) is 43.9 Å². The van der Waals surface area contributed by atoms with E-state index in [1.807, 2.05) is 13.0 Å². The van der Waals surface area contributed by atoms with Gasteiger partial charge < -0.3 is 18.6 Å². The van der Waals surface area contributed by atoms with Gasteiger partial charge >= 0.3 is 5.97 Å². The van der Waals surface area contributed by atoms with Crippen LogP contribution in [0.25, 0.3) is 6.08 Å². The molecule has 9 heteroatoms. The Morgan fingerprint density at radius 2 is 1.94 bits per heavy atom. The Kier molecular flexibility index (Phi) is 6.47. The molecular formula is C25H26N2O6S. The largest absolute Gasteiger partial charge is 0.497 e. The van der Waals surface area contributed by atoms with E-state index in [2.05, 4.69) is 4.99 Å². The summed E-state index contributed by atoms with van der Waals surface area (Å²) in [6, 6.07) is 8.08. The number of nitrogens with zero attached hydrogens (tertiary/aromatic N) is 2. The summed E-state index contributed by atoms with van der Waals surface area (Å²) in [5.74, 6) is 1.84. The first-order valence-corrected chi connectivity index (χ1v) is 11.6. The van der Waals surface area contributed by atoms with Crippen LogP contribution in [-0.2, 0) is 9.53 Å². The van der Waals surface area contributed by atoms with E-state index < -0.39 is 12.0 Å². The minimum absolute atomic E-state index is 0.271. The Balaban J connectivity index is 2.01. The van der Waals surface area contributed by atoms with Crippen molar-refractivity contribution in [3.8, 4) is 11.5 Å². The molecule has 0 amide bonds. The van der Waals surface area contributed by atoms with Gasteiger partial charge in [0.1, 0.15) is 29.1 Å². The number of carbonyl (C=O) groups excluding carboxylic acids is 1. The summed E-state index contributed by atoms with van der Waals surface area (Å²) in [6.45, 7) is 7.12. The second-order valence-corrected chi connectivity index (χ2v) is 9.10. The van der Waals surface area contributed by atoms with Crippen LogP contribution in [-0.4, -0.2) is 30.9 Å². The number of aryl methyl sites for hydroxylation is 1. The Morgan fingerprint density at radius 1 is 1.18 bits per heavy atom. The van der Waals surface area contributed by atoms with Gasteiger partial charge in [0.2, 0.25) is 0 Å². The van der Waals surface area contributed by atoms with Crippen LogP contribution in [0.3, 0.4) is 0 Å². The maximum atomic E-state index is 13.7. The number of aromatic nitrogens is 1. The highest BCUT2D eigenvalue weighted by molar-refractivity contribution is 7.07. The molecule has 0 N–H and O–H groups in total. The van der Waals surface area contributed by atoms with Crippen molar-refractivity contribution < 1.29 is 23.4 Å². The quantitative estimate of drug-likeness (QED) is 0.502. The number of ether oxygens (including phenoxy) is 3. The van der Waals surface area contributed by atoms with Crippen molar-refractivity contribution in [2.24, 2.45) is 4.99 Å². The minimum atomic E-state index is -0.812. The molecule has 1 aliphatic rings. The van der Waals surface area contributed by atoms with Gasteiger partial charge in [0.05, 0.1) is 36.1 Å². The normalized spacial score (nSPS) is 15.9. The lowest BCUT2D eigenvalue weighted by molar-refractivity contribution is -0.143. The van der Waals surface area contributed by atoms with Crippen LogP contribution in [0, 0.1) is 6.92 Å². The number of methoxy groups -OCH3 is 2. The molecule has 3 heterocycles. The van der Waals surface area contributed by atoms with E-state index in [9.17, 15) is 9.59 Å². The molecule has 0 aliphatic carbocycles. The van der Waals surface area contributed by atoms with Gasteiger partial charge in [-0.1, -0.05) is 11.3 Å². The van der Waals surface area contributed by atoms with Crippen LogP contribution in [0.15, 0.2) is 55.8 Å². The van der Waals surface area contributed by atoms with E-state index in [-0.39, 0.29) is 17.2 Å². The molecule has 0 bridgehead atoms. The average molecular weight is 483 g/mol. The average Bonchev–Trinajstić information content (AvgIpc) is 3.34. The van der Waals surface area contributed by atoms with Crippen molar-refractivity contribution in [1.29, 1.82) is 0 Å². The van der Waals surface area contributed by atoms with Crippen LogP contribution < -0.4 is 24.4 Å². The van der Waals surface area contributed by atoms with E-state index in [4.69, 9.17) is 18.6 Å². The first-order valence-electron chi connectivity index (χ1n) is 10.8. The highest BCUT2D eigenvalue weighted by atomic mass is 32.1. The van der Waals surface area contributed by atoms with E-state index >= 15 is 0 Å². The Bertz CT molecular complexity index is 1460. The first-order chi connectivity index (χ1) is 16.2. The van der Waals surface area contributed by atoms with Gasteiger partial charge in [0.25, 0.3) is 5.56 Å². The summed E-state index contributed by atoms with van der Waals surface area (Å²) in [7, 11) is 3.09. The second kappa shape index (κ2) is 9.34. The van der Waals surface area contributed by atoms with Crippen molar-refractivity contribution >= 4 is 23.4 Å². The van der Waals surface area contributed by atoms with Crippen LogP contribution in [0.4, 0.5) is 0 Å². The zero-order chi connectivity index (χ0) is 24.6. The molecule has 0 saturated heterocycles. The van der Waals surface area contributed by atoms with E-state index in [1.165, 1.54) is 23.0 Å². The van der Waals surface area contributed by atoms with Crippen molar-refractivity contribution in [2.75, 3.05) is 14.2 Å². The van der Waals surface area contributed by atoms with E-state index in [1.54, 1.807) is 58.2 Å². The van der Waals surface area contributed by atoms with Crippen molar-refractivity contribution in [3.63, 3.8) is 0 Å². The number of allylic oxidation sites excluding steroid dienone is 1. The molecule has 0 radical (unpaired) electrons. The van der Waals surface area contributed by atoms with Gasteiger partial charge in [-0.3, -0.25) is 9.36 Å². The molecule has 0 saturated carbocycles. The Labute approximate surface area is 200 Å². The zero-order valence-electron chi connectivity index (χ0n) is 19.9. The molecule has 0 fully saturated rings. The number of hydrogen-bond donors (Lipinski definition) is 0. The van der Waals surface area contributed by atoms with Crippen LogP contribution in [0.5, 0.6) is 11.5 Å². The van der Waals surface area contributed by atoms with Crippen molar-refractivity contribution in [3.05, 3.63) is 78.4 Å². The van der Waals surface area contributed by atoms with E-state index in [0.29, 0.717) is 37.9 Å². The molecule has 1 aliphatic heterocycles. The highest BCUT2D eigenvalue weighted by Crippen LogP contribution is 2.38. The molecule has 1 aromatic carbocycles. The SMILES string of the molecule is COc1ccc(OC)c([C@H]2C(C(=O)OC(C)C)=C(C)N=c3s/c(=C/c4ccc(C)o4)c(=O)n32)c1. The lowest BCUT2D eigenvalue weighted by atomic mass is 9.94. The predicted octanol–water partition coefficient (Wildman–Crippen LogP) is 3.11. The fraction of sp³-hybridized carbons (Fsp3) is 0.320. The van der Waals surface area contributed by atoms with Gasteiger partial charge in [-0.15, -0.1) is 0 Å². The fourth-order valence-electron chi connectivity index (χ4n) is 3.87. The zero-order valence-corrected chi connectivity index (χ0v) is 20.7. The molecule has 0 spiro atoms. The molecule has 8 nitrogen and oxygen atoms in total. The summed E-state index contributed by atoms with van der Waals surface area (Å²) in [5, 5.41) is 0. The van der Waals surface area contributed by atoms with Crippen molar-refractivity contribution in [1.82, 2.24) is 4.57 Å². The number of hydrogen-bond acceptors (Lipinski definition) is 8. The predicted molar refractivity (Wildman–Crippen MR) is 128 cm³/mol. The van der Waals surface area contributed by atoms with Crippen LogP contribution in [0.2, 0.25) is 0 Å². The topological polar surface area (TPSA) is 92.3 Å². The van der Waals surface area contributed by atoms with Gasteiger partial charge in [0, 0.05) is 11.6 Å². The molecule has 178 valence electrons. The Hall–Kier alpha value is -3.59. The molecule has 34 heavy (non-hydrogen) atoms. The monoisotopic (exact) mass is 482 g/mol.